The maximum Gasteiger partial charge on any atom is 0.242 e. The number of nitrogens with zero attached hydrogens (tertiary/aromatic N) is 1. The Kier molecular flexibility index (Phi) is 4.66. The van der Waals surface area contributed by atoms with Crippen molar-refractivity contribution in [3.63, 3.8) is 0 Å². The molecule has 4 nitrogen and oxygen atoms in total. The van der Waals surface area contributed by atoms with E-state index in [9.17, 15) is 4.79 Å². The molecule has 1 N–H and O–H groups in total. The number of carbonyl (C=O) groups is 1. The average Bonchev–Trinajstić information content (AvgIpc) is 3.24. The Bertz CT molecular complexity index is 430. The van der Waals surface area contributed by atoms with Gasteiger partial charge in [-0.05, 0) is 38.8 Å². The molecule has 1 aromatic carbocycles. The summed E-state index contributed by atoms with van der Waals surface area (Å²) >= 11 is 0. The van der Waals surface area contributed by atoms with E-state index >= 15 is 0 Å². The standard InChI is InChI=1S/C15H22N2O2/c1-3-17(12-9-10-12)15(18)11-16-13-7-5-6-8-14(13)19-4-2/h5-8,12,16H,3-4,9-11H2,1-2H3. The number of para-hydroxylation sites is 2. The fourth-order valence-electron chi connectivity index (χ4n) is 2.19. The first-order valence-corrected chi connectivity index (χ1v) is 7.01. The van der Waals surface area contributed by atoms with Crippen molar-refractivity contribution in [3.8, 4) is 5.75 Å². The molecule has 0 bridgehead atoms. The Morgan fingerprint density at radius 3 is 2.74 bits per heavy atom. The SMILES string of the molecule is CCOc1ccccc1NCC(=O)N(CC)C1CC1. The number of hydrogen-bond donors (Lipinski definition) is 1. The van der Waals surface area contributed by atoms with Crippen LogP contribution in [0.15, 0.2) is 24.3 Å². The van der Waals surface area contributed by atoms with E-state index in [1.165, 1.54) is 0 Å². The molecule has 0 radical (unpaired) electrons. The molecular formula is C15H22N2O2. The van der Waals surface area contributed by atoms with Crippen molar-refractivity contribution in [1.82, 2.24) is 4.90 Å². The van der Waals surface area contributed by atoms with Crippen LogP contribution in [0, 0.1) is 0 Å². The molecule has 1 saturated carbocycles. The minimum atomic E-state index is 0.163. The molecule has 0 heterocycles. The van der Waals surface area contributed by atoms with E-state index in [-0.39, 0.29) is 5.91 Å². The summed E-state index contributed by atoms with van der Waals surface area (Å²) < 4.78 is 5.53. The van der Waals surface area contributed by atoms with Gasteiger partial charge in [-0.2, -0.15) is 0 Å². The number of ether oxygens (including phenoxy) is 1. The van der Waals surface area contributed by atoms with Gasteiger partial charge >= 0.3 is 0 Å². The third-order valence-electron chi connectivity index (χ3n) is 3.27. The molecule has 4 heteroatoms. The lowest BCUT2D eigenvalue weighted by Gasteiger charge is -2.21. The zero-order valence-corrected chi connectivity index (χ0v) is 11.7. The van der Waals surface area contributed by atoms with E-state index in [4.69, 9.17) is 4.74 Å². The zero-order valence-electron chi connectivity index (χ0n) is 11.7. The van der Waals surface area contributed by atoms with Crippen LogP contribution in [0.2, 0.25) is 0 Å². The fraction of sp³-hybridized carbons (Fsp3) is 0.533. The van der Waals surface area contributed by atoms with Gasteiger partial charge in [0.05, 0.1) is 18.8 Å². The predicted molar refractivity (Wildman–Crippen MR) is 76.5 cm³/mol. The van der Waals surface area contributed by atoms with Crippen molar-refractivity contribution >= 4 is 11.6 Å². The van der Waals surface area contributed by atoms with Crippen LogP contribution in [-0.4, -0.2) is 36.5 Å². The van der Waals surface area contributed by atoms with Gasteiger partial charge in [0.25, 0.3) is 0 Å². The van der Waals surface area contributed by atoms with Crippen LogP contribution >= 0.6 is 0 Å². The van der Waals surface area contributed by atoms with E-state index in [0.717, 1.165) is 30.8 Å². The van der Waals surface area contributed by atoms with Crippen LogP contribution in [0.3, 0.4) is 0 Å². The highest BCUT2D eigenvalue weighted by Crippen LogP contribution is 2.27. The molecule has 1 aliphatic rings. The predicted octanol–water partition coefficient (Wildman–Crippen LogP) is 2.51. The van der Waals surface area contributed by atoms with Crippen molar-refractivity contribution in [2.24, 2.45) is 0 Å². The normalized spacial score (nSPS) is 14.0. The molecule has 0 saturated heterocycles. The summed E-state index contributed by atoms with van der Waals surface area (Å²) in [6.45, 7) is 5.72. The number of hydrogen-bond acceptors (Lipinski definition) is 3. The number of anilines is 1. The van der Waals surface area contributed by atoms with Crippen molar-refractivity contribution < 1.29 is 9.53 Å². The van der Waals surface area contributed by atoms with Crippen molar-refractivity contribution in [2.45, 2.75) is 32.7 Å². The number of carbonyl (C=O) groups excluding carboxylic acids is 1. The number of benzene rings is 1. The quantitative estimate of drug-likeness (QED) is 0.821. The maximum atomic E-state index is 12.1. The summed E-state index contributed by atoms with van der Waals surface area (Å²) in [6.07, 6.45) is 2.30. The maximum absolute atomic E-state index is 12.1. The highest BCUT2D eigenvalue weighted by Gasteiger charge is 2.30. The van der Waals surface area contributed by atoms with E-state index < -0.39 is 0 Å². The Hall–Kier alpha value is -1.71. The molecular weight excluding hydrogens is 240 g/mol. The lowest BCUT2D eigenvalue weighted by atomic mass is 10.3. The molecule has 0 unspecified atom stereocenters. The minimum absolute atomic E-state index is 0.163. The molecule has 0 aliphatic heterocycles. The molecule has 19 heavy (non-hydrogen) atoms. The highest BCUT2D eigenvalue weighted by atomic mass is 16.5. The van der Waals surface area contributed by atoms with Gasteiger partial charge in [-0.3, -0.25) is 4.79 Å². The average molecular weight is 262 g/mol. The fourth-order valence-corrected chi connectivity index (χ4v) is 2.19. The molecule has 104 valence electrons. The summed E-state index contributed by atoms with van der Waals surface area (Å²) in [5.74, 6) is 0.962. The zero-order chi connectivity index (χ0) is 13.7. The van der Waals surface area contributed by atoms with E-state index in [1.807, 2.05) is 43.0 Å². The number of rotatable bonds is 7. The molecule has 0 atom stereocenters. The van der Waals surface area contributed by atoms with Gasteiger partial charge < -0.3 is 15.0 Å². The van der Waals surface area contributed by atoms with Crippen LogP contribution in [0.5, 0.6) is 5.75 Å². The topological polar surface area (TPSA) is 41.6 Å². The molecule has 1 fully saturated rings. The molecule has 1 aliphatic carbocycles. The van der Waals surface area contributed by atoms with Crippen LogP contribution in [0.4, 0.5) is 5.69 Å². The largest absolute Gasteiger partial charge is 0.492 e. The van der Waals surface area contributed by atoms with E-state index in [2.05, 4.69) is 5.32 Å². The summed E-state index contributed by atoms with van der Waals surface area (Å²) in [5.41, 5.74) is 0.879. The monoisotopic (exact) mass is 262 g/mol. The third-order valence-corrected chi connectivity index (χ3v) is 3.27. The lowest BCUT2D eigenvalue weighted by Crippen LogP contribution is -2.37. The summed E-state index contributed by atoms with van der Waals surface area (Å²) in [7, 11) is 0. The van der Waals surface area contributed by atoms with Gasteiger partial charge in [-0.15, -0.1) is 0 Å². The van der Waals surface area contributed by atoms with Crippen LogP contribution in [0.25, 0.3) is 0 Å². The second-order valence-electron chi connectivity index (χ2n) is 4.69. The number of amides is 1. The van der Waals surface area contributed by atoms with Gasteiger partial charge in [0.1, 0.15) is 5.75 Å². The highest BCUT2D eigenvalue weighted by molar-refractivity contribution is 5.82. The molecule has 0 spiro atoms. The van der Waals surface area contributed by atoms with Gasteiger partial charge in [-0.1, -0.05) is 12.1 Å². The Morgan fingerprint density at radius 1 is 1.37 bits per heavy atom. The van der Waals surface area contributed by atoms with Gasteiger partial charge in [0.2, 0.25) is 5.91 Å². The van der Waals surface area contributed by atoms with Crippen molar-refractivity contribution in [3.05, 3.63) is 24.3 Å². The molecule has 1 aromatic rings. The Balaban J connectivity index is 1.92. The third kappa shape index (κ3) is 3.63. The smallest absolute Gasteiger partial charge is 0.242 e. The van der Waals surface area contributed by atoms with Crippen LogP contribution < -0.4 is 10.1 Å². The second kappa shape index (κ2) is 6.45. The van der Waals surface area contributed by atoms with E-state index in [1.54, 1.807) is 0 Å². The first-order chi connectivity index (χ1) is 9.26. The van der Waals surface area contributed by atoms with Crippen LogP contribution in [0.1, 0.15) is 26.7 Å². The molecule has 2 rings (SSSR count). The van der Waals surface area contributed by atoms with Gasteiger partial charge in [0.15, 0.2) is 0 Å². The van der Waals surface area contributed by atoms with Gasteiger partial charge in [-0.25, -0.2) is 0 Å². The summed E-state index contributed by atoms with van der Waals surface area (Å²) in [5, 5.41) is 3.18. The first-order valence-electron chi connectivity index (χ1n) is 7.01. The molecule has 0 aromatic heterocycles. The summed E-state index contributed by atoms with van der Waals surface area (Å²) in [6, 6.07) is 8.19. The first kappa shape index (κ1) is 13.7. The van der Waals surface area contributed by atoms with Gasteiger partial charge in [0, 0.05) is 12.6 Å². The summed E-state index contributed by atoms with van der Waals surface area (Å²) in [4.78, 5) is 14.1. The Labute approximate surface area is 114 Å². The second-order valence-corrected chi connectivity index (χ2v) is 4.69. The van der Waals surface area contributed by atoms with E-state index in [0.29, 0.717) is 19.2 Å². The van der Waals surface area contributed by atoms with Crippen LogP contribution in [-0.2, 0) is 4.79 Å². The number of nitrogens with one attached hydrogen (secondary N) is 1. The van der Waals surface area contributed by atoms with Crippen molar-refractivity contribution in [2.75, 3.05) is 25.0 Å². The van der Waals surface area contributed by atoms with Crippen molar-refractivity contribution in [1.29, 1.82) is 0 Å². The number of likely N-dealkylation sites (N-methyl/N-ethyl adjacent to an activating group) is 1. The lowest BCUT2D eigenvalue weighted by molar-refractivity contribution is -0.129. The Morgan fingerprint density at radius 2 is 2.11 bits per heavy atom. The molecule has 1 amide bonds. The minimum Gasteiger partial charge on any atom is -0.492 e.